The number of benzene rings is 2. The van der Waals surface area contributed by atoms with Crippen molar-refractivity contribution in [2.45, 2.75) is 0 Å². The summed E-state index contributed by atoms with van der Waals surface area (Å²) in [4.78, 5) is 14.8. The van der Waals surface area contributed by atoms with Crippen molar-refractivity contribution in [3.8, 4) is 11.3 Å². The van der Waals surface area contributed by atoms with Crippen molar-refractivity contribution < 1.29 is 0 Å². The molecule has 2 aromatic carbocycles. The van der Waals surface area contributed by atoms with Gasteiger partial charge in [0.05, 0.1) is 11.4 Å². The van der Waals surface area contributed by atoms with E-state index in [1.807, 2.05) is 60.7 Å². The quantitative estimate of drug-likeness (QED) is 0.560. The van der Waals surface area contributed by atoms with E-state index in [4.69, 9.17) is 5.73 Å². The molecular weight excluding hydrogens is 316 g/mol. The number of rotatable bonds is 3. The number of H-pyrrole nitrogens is 1. The maximum atomic E-state index is 12.1. The number of nitrogens with one attached hydrogen (secondary N) is 1. The SMILES string of the molecule is Nc1nn2c(-c3ccccc3)cc(=O)[nH]c2c1N=Nc1ccccc1. The molecule has 0 saturated heterocycles. The number of anilines is 1. The Bertz CT molecular complexity index is 1110. The van der Waals surface area contributed by atoms with Crippen molar-refractivity contribution in [2.75, 3.05) is 5.73 Å². The van der Waals surface area contributed by atoms with Gasteiger partial charge >= 0.3 is 0 Å². The fourth-order valence-corrected chi connectivity index (χ4v) is 2.57. The molecular formula is C18H14N6O. The molecule has 0 fully saturated rings. The lowest BCUT2D eigenvalue weighted by atomic mass is 10.1. The summed E-state index contributed by atoms with van der Waals surface area (Å²) in [6, 6.07) is 20.2. The van der Waals surface area contributed by atoms with Crippen LogP contribution in [0.15, 0.2) is 81.8 Å². The standard InChI is InChI=1S/C18H14N6O/c19-17-16(22-21-13-9-5-2-6-10-13)18-20-15(25)11-14(24(18)23-17)12-7-3-1-4-8-12/h1-11H,(H2,19,23)(H,20,25). The van der Waals surface area contributed by atoms with Crippen molar-refractivity contribution in [1.29, 1.82) is 0 Å². The Labute approximate surface area is 142 Å². The second-order valence-electron chi connectivity index (χ2n) is 5.41. The molecule has 4 rings (SSSR count). The first-order valence-electron chi connectivity index (χ1n) is 7.66. The Balaban J connectivity index is 1.90. The number of nitrogen functional groups attached to an aromatic ring is 1. The van der Waals surface area contributed by atoms with Crippen LogP contribution in [-0.2, 0) is 0 Å². The minimum atomic E-state index is -0.262. The zero-order valence-corrected chi connectivity index (χ0v) is 13.1. The molecule has 0 atom stereocenters. The maximum Gasteiger partial charge on any atom is 0.251 e. The van der Waals surface area contributed by atoms with E-state index in [1.165, 1.54) is 6.07 Å². The third kappa shape index (κ3) is 2.78. The second-order valence-corrected chi connectivity index (χ2v) is 5.41. The average molecular weight is 330 g/mol. The van der Waals surface area contributed by atoms with E-state index >= 15 is 0 Å². The van der Waals surface area contributed by atoms with Gasteiger partial charge in [-0.05, 0) is 12.1 Å². The Hall–Kier alpha value is -3.74. The highest BCUT2D eigenvalue weighted by Crippen LogP contribution is 2.30. The molecule has 2 aromatic heterocycles. The van der Waals surface area contributed by atoms with Crippen LogP contribution in [0.2, 0.25) is 0 Å². The molecule has 0 amide bonds. The summed E-state index contributed by atoms with van der Waals surface area (Å²) < 4.78 is 1.57. The molecule has 0 saturated carbocycles. The van der Waals surface area contributed by atoms with Crippen LogP contribution >= 0.6 is 0 Å². The van der Waals surface area contributed by atoms with E-state index in [2.05, 4.69) is 20.3 Å². The maximum absolute atomic E-state index is 12.1. The number of fused-ring (bicyclic) bond motifs is 1. The minimum absolute atomic E-state index is 0.193. The molecule has 0 aliphatic carbocycles. The van der Waals surface area contributed by atoms with Gasteiger partial charge in [-0.15, -0.1) is 10.2 Å². The molecule has 25 heavy (non-hydrogen) atoms. The van der Waals surface area contributed by atoms with Crippen molar-refractivity contribution >= 4 is 22.8 Å². The van der Waals surface area contributed by atoms with Gasteiger partial charge in [-0.25, -0.2) is 4.52 Å². The molecule has 3 N–H and O–H groups in total. The average Bonchev–Trinajstić information content (AvgIpc) is 2.96. The smallest absolute Gasteiger partial charge is 0.251 e. The lowest BCUT2D eigenvalue weighted by molar-refractivity contribution is 0.945. The molecule has 7 heteroatoms. The monoisotopic (exact) mass is 330 g/mol. The van der Waals surface area contributed by atoms with E-state index in [9.17, 15) is 4.79 Å². The zero-order valence-electron chi connectivity index (χ0n) is 13.1. The fourth-order valence-electron chi connectivity index (χ4n) is 2.57. The number of nitrogens with two attached hydrogens (primary N) is 1. The molecule has 0 bridgehead atoms. The lowest BCUT2D eigenvalue weighted by Crippen LogP contribution is -2.09. The number of nitrogens with zero attached hydrogens (tertiary/aromatic N) is 4. The molecule has 0 radical (unpaired) electrons. The van der Waals surface area contributed by atoms with Crippen molar-refractivity contribution in [1.82, 2.24) is 14.6 Å². The van der Waals surface area contributed by atoms with Crippen molar-refractivity contribution in [3.63, 3.8) is 0 Å². The Kier molecular flexibility index (Phi) is 3.59. The summed E-state index contributed by atoms with van der Waals surface area (Å²) in [5.74, 6) is 0.193. The molecule has 0 aliphatic rings. The highest BCUT2D eigenvalue weighted by molar-refractivity contribution is 5.78. The first-order valence-corrected chi connectivity index (χ1v) is 7.66. The number of aromatic nitrogens is 3. The van der Waals surface area contributed by atoms with Crippen LogP contribution in [-0.4, -0.2) is 14.6 Å². The van der Waals surface area contributed by atoms with Gasteiger partial charge in [-0.3, -0.25) is 4.79 Å². The summed E-state index contributed by atoms with van der Waals surface area (Å²) in [7, 11) is 0. The second kappa shape index (κ2) is 6.04. The highest BCUT2D eigenvalue weighted by atomic mass is 16.1. The van der Waals surface area contributed by atoms with Gasteiger partial charge in [0.25, 0.3) is 5.56 Å². The first-order chi connectivity index (χ1) is 12.2. The molecule has 0 unspecified atom stereocenters. The van der Waals surface area contributed by atoms with Gasteiger partial charge < -0.3 is 10.7 Å². The first kappa shape index (κ1) is 14.8. The molecule has 4 aromatic rings. The van der Waals surface area contributed by atoms with Crippen LogP contribution in [0.1, 0.15) is 0 Å². The Morgan fingerprint density at radius 2 is 1.64 bits per heavy atom. The Morgan fingerprint density at radius 3 is 2.36 bits per heavy atom. The van der Waals surface area contributed by atoms with Crippen LogP contribution in [0.5, 0.6) is 0 Å². The van der Waals surface area contributed by atoms with Gasteiger partial charge in [0.15, 0.2) is 17.2 Å². The number of aromatic amines is 1. The summed E-state index contributed by atoms with van der Waals surface area (Å²) in [6.45, 7) is 0. The summed E-state index contributed by atoms with van der Waals surface area (Å²) in [6.07, 6.45) is 0. The van der Waals surface area contributed by atoms with Crippen LogP contribution < -0.4 is 11.3 Å². The van der Waals surface area contributed by atoms with E-state index < -0.39 is 0 Å². The number of hydrogen-bond donors (Lipinski definition) is 2. The van der Waals surface area contributed by atoms with Crippen molar-refractivity contribution in [2.24, 2.45) is 10.2 Å². The van der Waals surface area contributed by atoms with Crippen LogP contribution in [0.25, 0.3) is 16.9 Å². The van der Waals surface area contributed by atoms with Crippen LogP contribution in [0.4, 0.5) is 17.2 Å². The molecule has 122 valence electrons. The molecule has 0 spiro atoms. The molecule has 2 heterocycles. The number of hydrogen-bond acceptors (Lipinski definition) is 5. The van der Waals surface area contributed by atoms with Gasteiger partial charge in [0.1, 0.15) is 0 Å². The van der Waals surface area contributed by atoms with E-state index in [-0.39, 0.29) is 11.4 Å². The van der Waals surface area contributed by atoms with Crippen LogP contribution in [0, 0.1) is 0 Å². The minimum Gasteiger partial charge on any atom is -0.380 e. The third-order valence-electron chi connectivity index (χ3n) is 3.72. The fraction of sp³-hybridized carbons (Fsp3) is 0. The predicted molar refractivity (Wildman–Crippen MR) is 96.3 cm³/mol. The van der Waals surface area contributed by atoms with Gasteiger partial charge in [0.2, 0.25) is 0 Å². The van der Waals surface area contributed by atoms with Gasteiger partial charge in [0, 0.05) is 11.6 Å². The predicted octanol–water partition coefficient (Wildman–Crippen LogP) is 3.69. The van der Waals surface area contributed by atoms with Gasteiger partial charge in [-0.2, -0.15) is 5.11 Å². The summed E-state index contributed by atoms with van der Waals surface area (Å²) in [5, 5.41) is 12.7. The van der Waals surface area contributed by atoms with Crippen LogP contribution in [0.3, 0.4) is 0 Å². The lowest BCUT2D eigenvalue weighted by Gasteiger charge is -2.03. The highest BCUT2D eigenvalue weighted by Gasteiger charge is 2.15. The summed E-state index contributed by atoms with van der Waals surface area (Å²) in [5.41, 5.74) is 8.65. The van der Waals surface area contributed by atoms with Gasteiger partial charge in [-0.1, -0.05) is 48.5 Å². The van der Waals surface area contributed by atoms with E-state index in [0.29, 0.717) is 22.7 Å². The molecule has 7 nitrogen and oxygen atoms in total. The Morgan fingerprint density at radius 1 is 0.960 bits per heavy atom. The topological polar surface area (TPSA) is 101 Å². The van der Waals surface area contributed by atoms with Crippen molar-refractivity contribution in [3.05, 3.63) is 77.1 Å². The normalized spacial score (nSPS) is 11.4. The molecule has 0 aliphatic heterocycles. The van der Waals surface area contributed by atoms with E-state index in [1.54, 1.807) is 4.52 Å². The zero-order chi connectivity index (χ0) is 17.2. The largest absolute Gasteiger partial charge is 0.380 e. The summed E-state index contributed by atoms with van der Waals surface area (Å²) >= 11 is 0. The van der Waals surface area contributed by atoms with E-state index in [0.717, 1.165) is 5.56 Å². The third-order valence-corrected chi connectivity index (χ3v) is 3.72. The number of azo groups is 1.